The summed E-state index contributed by atoms with van der Waals surface area (Å²) in [6.07, 6.45) is 9.99. The van der Waals surface area contributed by atoms with Crippen LogP contribution < -0.4 is 0 Å². The summed E-state index contributed by atoms with van der Waals surface area (Å²) in [5, 5.41) is 0. The summed E-state index contributed by atoms with van der Waals surface area (Å²) in [6, 6.07) is 0.568. The van der Waals surface area contributed by atoms with Crippen molar-refractivity contribution in [3.63, 3.8) is 0 Å². The van der Waals surface area contributed by atoms with Gasteiger partial charge in [-0.05, 0) is 44.4 Å². The molecule has 25 heavy (non-hydrogen) atoms. The molecule has 5 heteroatoms. The summed E-state index contributed by atoms with van der Waals surface area (Å²) >= 11 is 0. The van der Waals surface area contributed by atoms with Gasteiger partial charge in [-0.1, -0.05) is 12.8 Å². The van der Waals surface area contributed by atoms with Crippen molar-refractivity contribution in [1.82, 2.24) is 14.7 Å². The van der Waals surface area contributed by atoms with Crippen LogP contribution >= 0.6 is 0 Å². The summed E-state index contributed by atoms with van der Waals surface area (Å²) in [4.78, 5) is 20.4. The van der Waals surface area contributed by atoms with Crippen LogP contribution in [0.4, 0.5) is 0 Å². The lowest BCUT2D eigenvalue weighted by atomic mass is 9.97. The van der Waals surface area contributed by atoms with Crippen LogP contribution in [-0.4, -0.2) is 85.2 Å². The van der Waals surface area contributed by atoms with Crippen LogP contribution in [0.15, 0.2) is 0 Å². The Bertz CT molecular complexity index is 438. The van der Waals surface area contributed by atoms with Crippen molar-refractivity contribution in [3.05, 3.63) is 0 Å². The lowest BCUT2D eigenvalue weighted by molar-refractivity contribution is -0.145. The topological polar surface area (TPSA) is 36.0 Å². The van der Waals surface area contributed by atoms with Crippen LogP contribution in [0.5, 0.6) is 0 Å². The van der Waals surface area contributed by atoms with E-state index in [0.717, 1.165) is 77.5 Å². The Kier molecular flexibility index (Phi) is 5.94. The van der Waals surface area contributed by atoms with Gasteiger partial charge in [-0.25, -0.2) is 0 Å². The molecule has 4 rings (SSSR count). The average molecular weight is 350 g/mol. The molecule has 5 nitrogen and oxygen atoms in total. The number of carbonyl (C=O) groups excluding carboxylic acids is 1. The van der Waals surface area contributed by atoms with Gasteiger partial charge in [-0.2, -0.15) is 0 Å². The van der Waals surface area contributed by atoms with Gasteiger partial charge in [0.1, 0.15) is 0 Å². The predicted molar refractivity (Wildman–Crippen MR) is 98.5 cm³/mol. The molecule has 0 N–H and O–H groups in total. The monoisotopic (exact) mass is 349 g/mol. The highest BCUT2D eigenvalue weighted by atomic mass is 16.5. The van der Waals surface area contributed by atoms with Crippen molar-refractivity contribution in [1.29, 1.82) is 0 Å². The van der Waals surface area contributed by atoms with Gasteiger partial charge in [0, 0.05) is 58.5 Å². The summed E-state index contributed by atoms with van der Waals surface area (Å²) in [6.45, 7) is 8.34. The molecule has 0 bridgehead atoms. The Labute approximate surface area is 152 Å². The van der Waals surface area contributed by atoms with Crippen LogP contribution in [0.3, 0.4) is 0 Å². The molecule has 3 saturated heterocycles. The number of hydrogen-bond donors (Lipinski definition) is 0. The highest BCUT2D eigenvalue weighted by molar-refractivity contribution is 5.83. The number of rotatable bonds is 4. The number of nitrogens with zero attached hydrogens (tertiary/aromatic N) is 3. The summed E-state index contributed by atoms with van der Waals surface area (Å²) < 4.78 is 5.48. The highest BCUT2D eigenvalue weighted by Gasteiger charge is 2.38. The van der Waals surface area contributed by atoms with Crippen molar-refractivity contribution >= 4 is 5.91 Å². The molecular formula is C20H35N3O2. The second-order valence-corrected chi connectivity index (χ2v) is 8.52. The molecule has 142 valence electrons. The van der Waals surface area contributed by atoms with Crippen molar-refractivity contribution in [2.24, 2.45) is 5.92 Å². The molecular weight excluding hydrogens is 314 g/mol. The Morgan fingerprint density at radius 3 is 2.28 bits per heavy atom. The van der Waals surface area contributed by atoms with Crippen molar-refractivity contribution in [2.45, 2.75) is 63.5 Å². The maximum atomic E-state index is 13.1. The SMILES string of the molecule is O=C1C(N2CCN(CC3CCCC3)CC2)CCCN1C1CCOCC1. The molecule has 0 radical (unpaired) electrons. The molecule has 4 aliphatic rings. The predicted octanol–water partition coefficient (Wildman–Crippen LogP) is 1.96. The fourth-order valence-electron chi connectivity index (χ4n) is 5.39. The minimum atomic E-state index is 0.144. The van der Waals surface area contributed by atoms with Gasteiger partial charge in [0.15, 0.2) is 0 Å². The maximum Gasteiger partial charge on any atom is 0.240 e. The quantitative estimate of drug-likeness (QED) is 0.777. The summed E-state index contributed by atoms with van der Waals surface area (Å²) in [7, 11) is 0. The Balaban J connectivity index is 1.28. The minimum Gasteiger partial charge on any atom is -0.381 e. The second-order valence-electron chi connectivity index (χ2n) is 8.52. The molecule has 1 saturated carbocycles. The molecule has 0 aromatic carbocycles. The summed E-state index contributed by atoms with van der Waals surface area (Å²) in [5.74, 6) is 1.34. The van der Waals surface area contributed by atoms with Gasteiger partial charge < -0.3 is 14.5 Å². The van der Waals surface area contributed by atoms with E-state index in [9.17, 15) is 4.79 Å². The first-order valence-corrected chi connectivity index (χ1v) is 10.7. The normalized spacial score (nSPS) is 31.8. The molecule has 1 atom stereocenters. The number of carbonyl (C=O) groups is 1. The smallest absolute Gasteiger partial charge is 0.240 e. The lowest BCUT2D eigenvalue weighted by Crippen LogP contribution is -2.59. The van der Waals surface area contributed by atoms with Crippen LogP contribution in [0.1, 0.15) is 51.4 Å². The van der Waals surface area contributed by atoms with Gasteiger partial charge in [-0.3, -0.25) is 9.69 Å². The van der Waals surface area contributed by atoms with Crippen molar-refractivity contribution < 1.29 is 9.53 Å². The number of piperidine rings is 1. The van der Waals surface area contributed by atoms with Gasteiger partial charge in [0.05, 0.1) is 6.04 Å². The molecule has 4 fully saturated rings. The highest BCUT2D eigenvalue weighted by Crippen LogP contribution is 2.27. The molecule has 1 unspecified atom stereocenters. The summed E-state index contributed by atoms with van der Waals surface area (Å²) in [5.41, 5.74) is 0. The third-order valence-corrected chi connectivity index (χ3v) is 6.92. The molecule has 3 aliphatic heterocycles. The van der Waals surface area contributed by atoms with E-state index in [1.165, 1.54) is 32.2 Å². The third kappa shape index (κ3) is 4.20. The zero-order valence-electron chi connectivity index (χ0n) is 15.7. The third-order valence-electron chi connectivity index (χ3n) is 6.92. The van der Waals surface area contributed by atoms with Crippen LogP contribution in [0, 0.1) is 5.92 Å². The first-order valence-electron chi connectivity index (χ1n) is 10.7. The first kappa shape index (κ1) is 17.7. The van der Waals surface area contributed by atoms with E-state index in [0.29, 0.717) is 11.9 Å². The number of hydrogen-bond acceptors (Lipinski definition) is 4. The fraction of sp³-hybridized carbons (Fsp3) is 0.950. The van der Waals surface area contributed by atoms with Gasteiger partial charge >= 0.3 is 0 Å². The van der Waals surface area contributed by atoms with Crippen molar-refractivity contribution in [2.75, 3.05) is 52.5 Å². The molecule has 1 aliphatic carbocycles. The standard InChI is InChI=1S/C20H35N3O2/c24-20-19(6-3-9-23(20)18-7-14-25-15-8-18)22-12-10-21(11-13-22)16-17-4-1-2-5-17/h17-19H,1-16H2. The molecule has 3 heterocycles. The van der Waals surface area contributed by atoms with E-state index >= 15 is 0 Å². The van der Waals surface area contributed by atoms with E-state index < -0.39 is 0 Å². The molecule has 0 spiro atoms. The minimum absolute atomic E-state index is 0.144. The Morgan fingerprint density at radius 1 is 0.840 bits per heavy atom. The Morgan fingerprint density at radius 2 is 1.56 bits per heavy atom. The maximum absolute atomic E-state index is 13.1. The largest absolute Gasteiger partial charge is 0.381 e. The van der Waals surface area contributed by atoms with E-state index in [4.69, 9.17) is 4.74 Å². The zero-order chi connectivity index (χ0) is 17.1. The van der Waals surface area contributed by atoms with Crippen LogP contribution in [-0.2, 0) is 9.53 Å². The Hall–Kier alpha value is -0.650. The number of likely N-dealkylation sites (tertiary alicyclic amines) is 1. The fourth-order valence-corrected chi connectivity index (χ4v) is 5.39. The van der Waals surface area contributed by atoms with E-state index in [-0.39, 0.29) is 6.04 Å². The molecule has 0 aromatic heterocycles. The van der Waals surface area contributed by atoms with E-state index in [2.05, 4.69) is 14.7 Å². The van der Waals surface area contributed by atoms with Crippen LogP contribution in [0.25, 0.3) is 0 Å². The van der Waals surface area contributed by atoms with E-state index in [1.54, 1.807) is 0 Å². The van der Waals surface area contributed by atoms with Crippen molar-refractivity contribution in [3.8, 4) is 0 Å². The van der Waals surface area contributed by atoms with Gasteiger partial charge in [-0.15, -0.1) is 0 Å². The number of piperazine rings is 1. The lowest BCUT2D eigenvalue weighted by Gasteiger charge is -2.45. The first-order chi connectivity index (χ1) is 12.3. The van der Waals surface area contributed by atoms with Gasteiger partial charge in [0.25, 0.3) is 0 Å². The number of ether oxygens (including phenoxy) is 1. The average Bonchev–Trinajstić information content (AvgIpc) is 3.17. The number of amides is 1. The second kappa shape index (κ2) is 8.36. The molecule has 0 aromatic rings. The van der Waals surface area contributed by atoms with Gasteiger partial charge in [0.2, 0.25) is 5.91 Å². The zero-order valence-corrected chi connectivity index (χ0v) is 15.7. The van der Waals surface area contributed by atoms with Crippen LogP contribution in [0.2, 0.25) is 0 Å². The van der Waals surface area contributed by atoms with E-state index in [1.807, 2.05) is 0 Å². The molecule has 1 amide bonds.